The summed E-state index contributed by atoms with van der Waals surface area (Å²) in [5, 5.41) is 8.91. The SMILES string of the molecule is COCC1=CCN(S(=O)(=O)c2ccc(C#N)c(C)c2)CC1. The average Bonchev–Trinajstić information content (AvgIpc) is 2.48. The third-order valence-corrected chi connectivity index (χ3v) is 5.41. The number of nitrogens with zero attached hydrogens (tertiary/aromatic N) is 2. The van der Waals surface area contributed by atoms with Crippen LogP contribution < -0.4 is 0 Å². The van der Waals surface area contributed by atoms with E-state index in [2.05, 4.69) is 0 Å². The first-order valence-corrected chi connectivity index (χ1v) is 8.11. The minimum atomic E-state index is -3.51. The molecule has 0 N–H and O–H groups in total. The van der Waals surface area contributed by atoms with Crippen LogP contribution in [0.1, 0.15) is 17.5 Å². The van der Waals surface area contributed by atoms with Gasteiger partial charge in [0.2, 0.25) is 10.0 Å². The van der Waals surface area contributed by atoms with Gasteiger partial charge in [0.15, 0.2) is 0 Å². The Morgan fingerprint density at radius 2 is 2.19 bits per heavy atom. The van der Waals surface area contributed by atoms with Crippen molar-refractivity contribution in [3.63, 3.8) is 0 Å². The third-order valence-electron chi connectivity index (χ3n) is 3.55. The van der Waals surface area contributed by atoms with Crippen molar-refractivity contribution in [2.75, 3.05) is 26.8 Å². The molecule has 6 heteroatoms. The molecule has 0 radical (unpaired) electrons. The van der Waals surface area contributed by atoms with Crippen LogP contribution in [0.3, 0.4) is 0 Å². The summed E-state index contributed by atoms with van der Waals surface area (Å²) >= 11 is 0. The van der Waals surface area contributed by atoms with E-state index in [1.54, 1.807) is 26.2 Å². The van der Waals surface area contributed by atoms with Gasteiger partial charge in [0.1, 0.15) is 0 Å². The first kappa shape index (κ1) is 15.7. The summed E-state index contributed by atoms with van der Waals surface area (Å²) in [6.07, 6.45) is 2.59. The highest BCUT2D eigenvalue weighted by molar-refractivity contribution is 7.89. The van der Waals surface area contributed by atoms with Crippen LogP contribution in [-0.2, 0) is 14.8 Å². The second-order valence-corrected chi connectivity index (χ2v) is 6.93. The van der Waals surface area contributed by atoms with Gasteiger partial charge in [0, 0.05) is 20.2 Å². The van der Waals surface area contributed by atoms with Crippen molar-refractivity contribution in [2.45, 2.75) is 18.2 Å². The fourth-order valence-corrected chi connectivity index (χ4v) is 3.76. The Hall–Kier alpha value is -1.68. The number of hydrogen-bond donors (Lipinski definition) is 0. The van der Waals surface area contributed by atoms with Crippen molar-refractivity contribution >= 4 is 10.0 Å². The molecular weight excluding hydrogens is 288 g/mol. The molecule has 0 aliphatic carbocycles. The number of rotatable bonds is 4. The minimum Gasteiger partial charge on any atom is -0.380 e. The lowest BCUT2D eigenvalue weighted by Crippen LogP contribution is -2.35. The van der Waals surface area contributed by atoms with E-state index < -0.39 is 10.0 Å². The molecule has 112 valence electrons. The molecule has 0 saturated heterocycles. The van der Waals surface area contributed by atoms with Crippen molar-refractivity contribution in [3.8, 4) is 6.07 Å². The summed E-state index contributed by atoms with van der Waals surface area (Å²) in [5.41, 5.74) is 2.29. The first-order chi connectivity index (χ1) is 9.98. The predicted octanol–water partition coefficient (Wildman–Crippen LogP) is 1.83. The van der Waals surface area contributed by atoms with Gasteiger partial charge in [-0.1, -0.05) is 6.08 Å². The van der Waals surface area contributed by atoms with Crippen LogP contribution in [0.25, 0.3) is 0 Å². The van der Waals surface area contributed by atoms with E-state index in [1.165, 1.54) is 10.4 Å². The normalized spacial score (nSPS) is 16.3. The molecule has 0 amide bonds. The number of sulfonamides is 1. The topological polar surface area (TPSA) is 70.4 Å². The summed E-state index contributed by atoms with van der Waals surface area (Å²) < 4.78 is 31.7. The number of nitriles is 1. The van der Waals surface area contributed by atoms with E-state index in [0.29, 0.717) is 37.2 Å². The molecule has 0 unspecified atom stereocenters. The zero-order chi connectivity index (χ0) is 15.5. The van der Waals surface area contributed by atoms with Crippen LogP contribution in [0.4, 0.5) is 0 Å². The molecule has 1 aliphatic rings. The van der Waals surface area contributed by atoms with Gasteiger partial charge in [-0.2, -0.15) is 9.57 Å². The fraction of sp³-hybridized carbons (Fsp3) is 0.400. The largest absolute Gasteiger partial charge is 0.380 e. The van der Waals surface area contributed by atoms with Crippen molar-refractivity contribution in [3.05, 3.63) is 41.0 Å². The van der Waals surface area contributed by atoms with Crippen molar-refractivity contribution < 1.29 is 13.2 Å². The third kappa shape index (κ3) is 3.32. The number of benzene rings is 1. The number of ether oxygens (including phenoxy) is 1. The van der Waals surface area contributed by atoms with E-state index in [9.17, 15) is 8.42 Å². The summed E-state index contributed by atoms with van der Waals surface area (Å²) in [5.74, 6) is 0. The molecule has 1 aromatic carbocycles. The van der Waals surface area contributed by atoms with E-state index in [0.717, 1.165) is 5.57 Å². The lowest BCUT2D eigenvalue weighted by atomic mass is 10.1. The van der Waals surface area contributed by atoms with E-state index in [4.69, 9.17) is 10.00 Å². The number of hydrogen-bond acceptors (Lipinski definition) is 4. The minimum absolute atomic E-state index is 0.239. The molecule has 0 atom stereocenters. The van der Waals surface area contributed by atoms with Gasteiger partial charge in [0.25, 0.3) is 0 Å². The summed E-state index contributed by atoms with van der Waals surface area (Å²) in [6.45, 7) is 3.10. The molecule has 1 aliphatic heterocycles. The lowest BCUT2D eigenvalue weighted by Gasteiger charge is -2.25. The van der Waals surface area contributed by atoms with Crippen LogP contribution in [0.2, 0.25) is 0 Å². The van der Waals surface area contributed by atoms with Crippen LogP contribution in [0.5, 0.6) is 0 Å². The molecule has 5 nitrogen and oxygen atoms in total. The molecule has 0 aromatic heterocycles. The molecule has 1 heterocycles. The molecule has 21 heavy (non-hydrogen) atoms. The Kier molecular flexibility index (Phi) is 4.78. The van der Waals surface area contributed by atoms with Crippen molar-refractivity contribution in [1.29, 1.82) is 5.26 Å². The second kappa shape index (κ2) is 6.39. The first-order valence-electron chi connectivity index (χ1n) is 6.67. The smallest absolute Gasteiger partial charge is 0.243 e. The quantitative estimate of drug-likeness (QED) is 0.796. The maximum atomic E-state index is 12.6. The van der Waals surface area contributed by atoms with Gasteiger partial charge in [-0.3, -0.25) is 0 Å². The van der Waals surface area contributed by atoms with Crippen LogP contribution in [-0.4, -0.2) is 39.5 Å². The van der Waals surface area contributed by atoms with Gasteiger partial charge < -0.3 is 4.74 Å². The zero-order valence-electron chi connectivity index (χ0n) is 12.2. The van der Waals surface area contributed by atoms with Crippen LogP contribution in [0.15, 0.2) is 34.7 Å². The molecule has 0 bridgehead atoms. The van der Waals surface area contributed by atoms with E-state index in [-0.39, 0.29) is 4.90 Å². The Morgan fingerprint density at radius 1 is 1.43 bits per heavy atom. The Balaban J connectivity index is 2.24. The Bertz CT molecular complexity index is 702. The molecular formula is C15H18N2O3S. The molecule has 0 fully saturated rings. The molecule has 1 aromatic rings. The Labute approximate surface area is 125 Å². The summed E-state index contributed by atoms with van der Waals surface area (Å²) in [6, 6.07) is 6.65. The second-order valence-electron chi connectivity index (χ2n) is 5.00. The average molecular weight is 306 g/mol. The number of methoxy groups -OCH3 is 1. The van der Waals surface area contributed by atoms with E-state index in [1.807, 2.05) is 12.1 Å². The van der Waals surface area contributed by atoms with Crippen molar-refractivity contribution in [2.24, 2.45) is 0 Å². The van der Waals surface area contributed by atoms with Gasteiger partial charge in [-0.25, -0.2) is 8.42 Å². The zero-order valence-corrected chi connectivity index (χ0v) is 13.0. The summed E-state index contributed by atoms with van der Waals surface area (Å²) in [7, 11) is -1.88. The van der Waals surface area contributed by atoms with Crippen LogP contribution in [0, 0.1) is 18.3 Å². The van der Waals surface area contributed by atoms with Crippen molar-refractivity contribution in [1.82, 2.24) is 4.31 Å². The summed E-state index contributed by atoms with van der Waals surface area (Å²) in [4.78, 5) is 0.239. The highest BCUT2D eigenvalue weighted by Gasteiger charge is 2.26. The van der Waals surface area contributed by atoms with Gasteiger partial charge >= 0.3 is 0 Å². The molecule has 0 saturated carbocycles. The monoisotopic (exact) mass is 306 g/mol. The fourth-order valence-electron chi connectivity index (χ4n) is 2.30. The molecule has 2 rings (SSSR count). The standard InChI is InChI=1S/C15H18N2O3S/c1-12-9-15(4-3-14(12)10-16)21(18,19)17-7-5-13(6-8-17)11-20-2/h3-5,9H,6-8,11H2,1-2H3. The lowest BCUT2D eigenvalue weighted by molar-refractivity contribution is 0.219. The molecule has 0 spiro atoms. The Morgan fingerprint density at radius 3 is 2.71 bits per heavy atom. The van der Waals surface area contributed by atoms with Gasteiger partial charge in [-0.15, -0.1) is 0 Å². The van der Waals surface area contributed by atoms with Crippen LogP contribution >= 0.6 is 0 Å². The maximum Gasteiger partial charge on any atom is 0.243 e. The highest BCUT2D eigenvalue weighted by atomic mass is 32.2. The number of aryl methyl sites for hydroxylation is 1. The predicted molar refractivity (Wildman–Crippen MR) is 79.2 cm³/mol. The van der Waals surface area contributed by atoms with E-state index >= 15 is 0 Å². The van der Waals surface area contributed by atoms with Gasteiger partial charge in [0.05, 0.1) is 23.1 Å². The van der Waals surface area contributed by atoms with Gasteiger partial charge in [-0.05, 0) is 42.7 Å². The maximum absolute atomic E-state index is 12.6. The highest BCUT2D eigenvalue weighted by Crippen LogP contribution is 2.22.